The first kappa shape index (κ1) is 11.5. The van der Waals surface area contributed by atoms with Crippen molar-refractivity contribution < 1.29 is 4.74 Å². The van der Waals surface area contributed by atoms with Gasteiger partial charge in [-0.1, -0.05) is 6.92 Å². The Balaban J connectivity index is 2.42. The largest absolute Gasteiger partial charge is 0.495 e. The van der Waals surface area contributed by atoms with Crippen LogP contribution in [0.5, 0.6) is 5.75 Å². The number of hydrogen-bond acceptors (Lipinski definition) is 3. The number of aromatic amines is 1. The summed E-state index contributed by atoms with van der Waals surface area (Å²) in [6.45, 7) is 4.12. The lowest BCUT2D eigenvalue weighted by Crippen LogP contribution is -1.93. The number of ether oxygens (including phenoxy) is 1. The Labute approximate surface area is 101 Å². The molecule has 0 amide bonds. The summed E-state index contributed by atoms with van der Waals surface area (Å²) < 4.78 is 5.13. The van der Waals surface area contributed by atoms with Crippen LogP contribution in [-0.4, -0.2) is 17.1 Å². The van der Waals surface area contributed by atoms with Crippen LogP contribution in [0.4, 0.5) is 5.69 Å². The van der Waals surface area contributed by atoms with E-state index in [2.05, 4.69) is 16.9 Å². The fraction of sp³-hybridized carbons (Fsp3) is 0.308. The van der Waals surface area contributed by atoms with Gasteiger partial charge >= 0.3 is 0 Å². The van der Waals surface area contributed by atoms with E-state index < -0.39 is 0 Å². The molecule has 0 fully saturated rings. The molecule has 17 heavy (non-hydrogen) atoms. The Kier molecular flexibility index (Phi) is 3.04. The van der Waals surface area contributed by atoms with Crippen LogP contribution in [0.2, 0.25) is 0 Å². The number of nitrogens with two attached hydrogens (primary N) is 1. The van der Waals surface area contributed by atoms with Crippen molar-refractivity contribution in [2.24, 2.45) is 0 Å². The van der Waals surface area contributed by atoms with Crippen molar-refractivity contribution in [1.29, 1.82) is 0 Å². The zero-order valence-corrected chi connectivity index (χ0v) is 10.4. The van der Waals surface area contributed by atoms with Gasteiger partial charge in [-0.3, -0.25) is 0 Å². The van der Waals surface area contributed by atoms with Gasteiger partial charge in [-0.15, -0.1) is 0 Å². The summed E-state index contributed by atoms with van der Waals surface area (Å²) >= 11 is 0. The molecule has 90 valence electrons. The molecule has 1 aromatic carbocycles. The molecule has 4 heteroatoms. The number of aryl methyl sites for hydroxylation is 2. The van der Waals surface area contributed by atoms with Crippen LogP contribution in [0.3, 0.4) is 0 Å². The normalized spacial score (nSPS) is 10.5. The Bertz CT molecular complexity index is 531. The van der Waals surface area contributed by atoms with Gasteiger partial charge in [-0.2, -0.15) is 0 Å². The van der Waals surface area contributed by atoms with Crippen molar-refractivity contribution in [1.82, 2.24) is 9.97 Å². The fourth-order valence-corrected chi connectivity index (χ4v) is 1.86. The van der Waals surface area contributed by atoms with E-state index in [1.54, 1.807) is 7.11 Å². The second-order valence-corrected chi connectivity index (χ2v) is 3.97. The maximum Gasteiger partial charge on any atom is 0.141 e. The van der Waals surface area contributed by atoms with E-state index in [-0.39, 0.29) is 0 Å². The zero-order valence-electron chi connectivity index (χ0n) is 10.4. The maximum atomic E-state index is 5.88. The molecule has 0 aliphatic heterocycles. The summed E-state index contributed by atoms with van der Waals surface area (Å²) in [5, 5.41) is 0. The summed E-state index contributed by atoms with van der Waals surface area (Å²) in [7, 11) is 1.61. The summed E-state index contributed by atoms with van der Waals surface area (Å²) in [5.74, 6) is 1.54. The SMILES string of the molecule is CCc1nc(-c2ccc(OC)c(N)c2)[nH]c1C. The van der Waals surface area contributed by atoms with Crippen LogP contribution < -0.4 is 10.5 Å². The van der Waals surface area contributed by atoms with E-state index in [1.165, 1.54) is 0 Å². The number of methoxy groups -OCH3 is 1. The highest BCUT2D eigenvalue weighted by Crippen LogP contribution is 2.27. The molecule has 1 aromatic heterocycles. The standard InChI is InChI=1S/C13H17N3O/c1-4-11-8(2)15-13(16-11)9-5-6-12(17-3)10(14)7-9/h5-7H,4,14H2,1-3H3,(H,15,16). The Morgan fingerprint density at radius 1 is 1.41 bits per heavy atom. The molecule has 1 heterocycles. The summed E-state index contributed by atoms with van der Waals surface area (Å²) in [6, 6.07) is 5.68. The first-order valence-corrected chi connectivity index (χ1v) is 5.65. The molecule has 2 aromatic rings. The maximum absolute atomic E-state index is 5.88. The van der Waals surface area contributed by atoms with Gasteiger partial charge < -0.3 is 15.5 Å². The lowest BCUT2D eigenvalue weighted by molar-refractivity contribution is 0.417. The van der Waals surface area contributed by atoms with Crippen LogP contribution in [0.15, 0.2) is 18.2 Å². The first-order valence-electron chi connectivity index (χ1n) is 5.65. The molecule has 0 spiro atoms. The first-order chi connectivity index (χ1) is 8.15. The van der Waals surface area contributed by atoms with Gasteiger partial charge in [0.15, 0.2) is 0 Å². The molecular formula is C13H17N3O. The van der Waals surface area contributed by atoms with Crippen molar-refractivity contribution in [3.63, 3.8) is 0 Å². The van der Waals surface area contributed by atoms with Crippen LogP contribution in [-0.2, 0) is 6.42 Å². The van der Waals surface area contributed by atoms with Crippen LogP contribution in [0.1, 0.15) is 18.3 Å². The number of nitrogen functional groups attached to an aromatic ring is 1. The number of imidazole rings is 1. The third kappa shape index (κ3) is 2.11. The molecule has 0 atom stereocenters. The Morgan fingerprint density at radius 2 is 2.18 bits per heavy atom. The van der Waals surface area contributed by atoms with Crippen molar-refractivity contribution in [2.45, 2.75) is 20.3 Å². The number of nitrogens with zero attached hydrogens (tertiary/aromatic N) is 1. The van der Waals surface area contributed by atoms with Gasteiger partial charge in [0.1, 0.15) is 11.6 Å². The van der Waals surface area contributed by atoms with E-state index in [4.69, 9.17) is 10.5 Å². The number of benzene rings is 1. The van der Waals surface area contributed by atoms with Crippen LogP contribution >= 0.6 is 0 Å². The van der Waals surface area contributed by atoms with Gasteiger partial charge in [0.25, 0.3) is 0 Å². The molecule has 0 saturated heterocycles. The predicted molar refractivity (Wildman–Crippen MR) is 69.1 cm³/mol. The van der Waals surface area contributed by atoms with Gasteiger partial charge in [-0.05, 0) is 31.5 Å². The van der Waals surface area contributed by atoms with Crippen molar-refractivity contribution >= 4 is 5.69 Å². The van der Waals surface area contributed by atoms with Gasteiger partial charge in [0.05, 0.1) is 18.5 Å². The minimum Gasteiger partial charge on any atom is -0.495 e. The molecule has 0 saturated carbocycles. The molecule has 0 aliphatic rings. The average molecular weight is 231 g/mol. The second-order valence-electron chi connectivity index (χ2n) is 3.97. The topological polar surface area (TPSA) is 63.9 Å². The van der Waals surface area contributed by atoms with Gasteiger partial charge in [0.2, 0.25) is 0 Å². The minimum atomic E-state index is 0.622. The third-order valence-corrected chi connectivity index (χ3v) is 2.82. The summed E-state index contributed by atoms with van der Waals surface area (Å²) in [5.41, 5.74) is 9.68. The molecule has 0 unspecified atom stereocenters. The molecular weight excluding hydrogens is 214 g/mol. The molecule has 0 bridgehead atoms. The highest BCUT2D eigenvalue weighted by atomic mass is 16.5. The molecule has 0 radical (unpaired) electrons. The Hall–Kier alpha value is -1.97. The second kappa shape index (κ2) is 4.49. The number of hydrogen-bond donors (Lipinski definition) is 2. The highest BCUT2D eigenvalue weighted by Gasteiger charge is 2.08. The fourth-order valence-electron chi connectivity index (χ4n) is 1.86. The number of anilines is 1. The van der Waals surface area contributed by atoms with Crippen LogP contribution in [0.25, 0.3) is 11.4 Å². The van der Waals surface area contributed by atoms with Crippen molar-refractivity contribution in [3.05, 3.63) is 29.6 Å². The lowest BCUT2D eigenvalue weighted by Gasteiger charge is -2.05. The Morgan fingerprint density at radius 3 is 2.71 bits per heavy atom. The van der Waals surface area contributed by atoms with E-state index in [1.807, 2.05) is 25.1 Å². The summed E-state index contributed by atoms with van der Waals surface area (Å²) in [6.07, 6.45) is 0.925. The molecule has 4 nitrogen and oxygen atoms in total. The monoisotopic (exact) mass is 231 g/mol. The molecule has 3 N–H and O–H groups in total. The van der Waals surface area contributed by atoms with Crippen LogP contribution in [0, 0.1) is 6.92 Å². The quantitative estimate of drug-likeness (QED) is 0.798. The average Bonchev–Trinajstić information content (AvgIpc) is 2.70. The van der Waals surface area contributed by atoms with E-state index in [0.717, 1.165) is 29.2 Å². The number of H-pyrrole nitrogens is 1. The number of aromatic nitrogens is 2. The summed E-state index contributed by atoms with van der Waals surface area (Å²) in [4.78, 5) is 7.81. The predicted octanol–water partition coefficient (Wildman–Crippen LogP) is 2.54. The van der Waals surface area contributed by atoms with Gasteiger partial charge in [0, 0.05) is 11.3 Å². The van der Waals surface area contributed by atoms with Crippen molar-refractivity contribution in [2.75, 3.05) is 12.8 Å². The van der Waals surface area contributed by atoms with E-state index in [0.29, 0.717) is 11.4 Å². The number of rotatable bonds is 3. The minimum absolute atomic E-state index is 0.622. The molecule has 0 aliphatic carbocycles. The number of nitrogens with one attached hydrogen (secondary N) is 1. The lowest BCUT2D eigenvalue weighted by atomic mass is 10.2. The smallest absolute Gasteiger partial charge is 0.141 e. The van der Waals surface area contributed by atoms with Crippen molar-refractivity contribution in [3.8, 4) is 17.1 Å². The van der Waals surface area contributed by atoms with E-state index >= 15 is 0 Å². The van der Waals surface area contributed by atoms with E-state index in [9.17, 15) is 0 Å². The highest BCUT2D eigenvalue weighted by molar-refractivity contribution is 5.66. The van der Waals surface area contributed by atoms with Gasteiger partial charge in [-0.25, -0.2) is 4.98 Å². The third-order valence-electron chi connectivity index (χ3n) is 2.82. The molecule has 2 rings (SSSR count). The zero-order chi connectivity index (χ0) is 12.4.